The molecule has 1 N–H and O–H groups in total. The summed E-state index contributed by atoms with van der Waals surface area (Å²) in [6, 6.07) is 3.80. The van der Waals surface area contributed by atoms with Gasteiger partial charge in [0.05, 0.1) is 11.4 Å². The van der Waals surface area contributed by atoms with Crippen LogP contribution >= 0.6 is 0 Å². The Balaban J connectivity index is 2.09. The van der Waals surface area contributed by atoms with E-state index in [0.717, 1.165) is 25.2 Å². The number of carboxylic acid groups (broad SMARTS) is 1. The van der Waals surface area contributed by atoms with Crippen LogP contribution in [0.2, 0.25) is 0 Å². The molecule has 2 aromatic heterocycles. The fourth-order valence-electron chi connectivity index (χ4n) is 2.70. The Kier molecular flexibility index (Phi) is 2.74. The third-order valence-electron chi connectivity index (χ3n) is 3.68. The third kappa shape index (κ3) is 1.98. The molecule has 100 valence electrons. The lowest BCUT2D eigenvalue weighted by molar-refractivity contribution is 0.0687. The number of carbonyl (C=O) groups is 1. The quantitative estimate of drug-likeness (QED) is 0.877. The molecule has 2 aromatic rings. The van der Waals surface area contributed by atoms with Gasteiger partial charge < -0.3 is 10.0 Å². The Morgan fingerprint density at radius 2 is 2.26 bits per heavy atom. The Hall–Kier alpha value is -1.95. The number of carboxylic acids is 1. The number of aromatic carboxylic acids is 1. The molecule has 0 aromatic carbocycles. The molecule has 0 bridgehead atoms. The van der Waals surface area contributed by atoms with Crippen molar-refractivity contribution in [1.82, 2.24) is 19.5 Å². The number of aryl methyl sites for hydroxylation is 1. The van der Waals surface area contributed by atoms with E-state index >= 15 is 0 Å². The molecule has 0 aliphatic carbocycles. The molecule has 0 saturated carbocycles. The van der Waals surface area contributed by atoms with Crippen LogP contribution in [0.5, 0.6) is 0 Å². The first-order valence-electron chi connectivity index (χ1n) is 6.34. The number of hydrogen-bond donors (Lipinski definition) is 1. The smallest absolute Gasteiger partial charge is 0.356 e. The highest BCUT2D eigenvalue weighted by Gasteiger charge is 2.24. The van der Waals surface area contributed by atoms with Crippen molar-refractivity contribution in [3.8, 4) is 0 Å². The van der Waals surface area contributed by atoms with E-state index in [9.17, 15) is 9.90 Å². The minimum atomic E-state index is -0.988. The lowest BCUT2D eigenvalue weighted by atomic mass is 10.1. The standard InChI is InChI=1S/C13H16N4O2/c1-8-12(13(18)19)17-11(14-8)4-3-10(15-17)9-5-6-16(2)7-9/h3-4,9H,5-7H2,1-2H3,(H,18,19). The predicted molar refractivity (Wildman–Crippen MR) is 69.5 cm³/mol. The van der Waals surface area contributed by atoms with Gasteiger partial charge in [-0.05, 0) is 39.1 Å². The largest absolute Gasteiger partial charge is 0.476 e. The minimum Gasteiger partial charge on any atom is -0.476 e. The minimum absolute atomic E-state index is 0.156. The van der Waals surface area contributed by atoms with Gasteiger partial charge in [-0.15, -0.1) is 0 Å². The van der Waals surface area contributed by atoms with E-state index in [2.05, 4.69) is 22.0 Å². The van der Waals surface area contributed by atoms with E-state index < -0.39 is 5.97 Å². The van der Waals surface area contributed by atoms with Gasteiger partial charge >= 0.3 is 5.97 Å². The van der Waals surface area contributed by atoms with Gasteiger partial charge in [0.2, 0.25) is 0 Å². The lowest BCUT2D eigenvalue weighted by Gasteiger charge is -2.10. The zero-order chi connectivity index (χ0) is 13.6. The van der Waals surface area contributed by atoms with Gasteiger partial charge in [-0.2, -0.15) is 5.10 Å². The van der Waals surface area contributed by atoms with Crippen LogP contribution in [0, 0.1) is 6.92 Å². The first-order chi connectivity index (χ1) is 9.06. The van der Waals surface area contributed by atoms with Gasteiger partial charge in [0.25, 0.3) is 0 Å². The van der Waals surface area contributed by atoms with Gasteiger partial charge in [0.1, 0.15) is 0 Å². The molecule has 0 spiro atoms. The summed E-state index contributed by atoms with van der Waals surface area (Å²) >= 11 is 0. The van der Waals surface area contributed by atoms with Crippen LogP contribution in [0.25, 0.3) is 5.65 Å². The maximum Gasteiger partial charge on any atom is 0.356 e. The highest BCUT2D eigenvalue weighted by atomic mass is 16.4. The Bertz CT molecular complexity index is 649. The molecule has 1 atom stereocenters. The summed E-state index contributed by atoms with van der Waals surface area (Å²) in [6.45, 7) is 3.72. The number of nitrogens with zero attached hydrogens (tertiary/aromatic N) is 4. The molecule has 1 aliphatic rings. The number of hydrogen-bond acceptors (Lipinski definition) is 4. The zero-order valence-electron chi connectivity index (χ0n) is 11.0. The van der Waals surface area contributed by atoms with Crippen molar-refractivity contribution in [2.75, 3.05) is 20.1 Å². The Labute approximate surface area is 110 Å². The monoisotopic (exact) mass is 260 g/mol. The first-order valence-corrected chi connectivity index (χ1v) is 6.34. The zero-order valence-corrected chi connectivity index (χ0v) is 11.0. The molecule has 19 heavy (non-hydrogen) atoms. The number of imidazole rings is 1. The van der Waals surface area contributed by atoms with Crippen molar-refractivity contribution in [3.05, 3.63) is 29.2 Å². The van der Waals surface area contributed by atoms with Crippen LogP contribution in [-0.4, -0.2) is 50.7 Å². The molecular weight excluding hydrogens is 244 g/mol. The van der Waals surface area contributed by atoms with Crippen LogP contribution in [-0.2, 0) is 0 Å². The molecule has 0 amide bonds. The average molecular weight is 260 g/mol. The summed E-state index contributed by atoms with van der Waals surface area (Å²) in [6.07, 6.45) is 1.06. The van der Waals surface area contributed by atoms with Crippen LogP contribution in [0.1, 0.15) is 34.2 Å². The molecule has 1 saturated heterocycles. The van der Waals surface area contributed by atoms with Gasteiger partial charge in [-0.25, -0.2) is 14.3 Å². The van der Waals surface area contributed by atoms with Crippen LogP contribution in [0.4, 0.5) is 0 Å². The summed E-state index contributed by atoms with van der Waals surface area (Å²) in [4.78, 5) is 17.8. The average Bonchev–Trinajstić information content (AvgIpc) is 2.90. The van der Waals surface area contributed by atoms with Crippen molar-refractivity contribution < 1.29 is 9.90 Å². The highest BCUT2D eigenvalue weighted by Crippen LogP contribution is 2.25. The maximum atomic E-state index is 11.3. The van der Waals surface area contributed by atoms with E-state index in [1.165, 1.54) is 4.52 Å². The lowest BCUT2D eigenvalue weighted by Crippen LogP contribution is -2.15. The van der Waals surface area contributed by atoms with Crippen LogP contribution in [0.3, 0.4) is 0 Å². The fourth-order valence-corrected chi connectivity index (χ4v) is 2.70. The third-order valence-corrected chi connectivity index (χ3v) is 3.68. The van der Waals surface area contributed by atoms with Crippen molar-refractivity contribution in [1.29, 1.82) is 0 Å². The second-order valence-electron chi connectivity index (χ2n) is 5.13. The highest BCUT2D eigenvalue weighted by molar-refractivity contribution is 5.88. The van der Waals surface area contributed by atoms with Crippen molar-refractivity contribution >= 4 is 11.6 Å². The summed E-state index contributed by atoms with van der Waals surface area (Å²) in [7, 11) is 2.09. The Morgan fingerprint density at radius 1 is 1.47 bits per heavy atom. The van der Waals surface area contributed by atoms with E-state index in [1.807, 2.05) is 12.1 Å². The van der Waals surface area contributed by atoms with E-state index in [-0.39, 0.29) is 5.69 Å². The first kappa shape index (κ1) is 12.1. The van der Waals surface area contributed by atoms with E-state index in [1.54, 1.807) is 6.92 Å². The van der Waals surface area contributed by atoms with E-state index in [0.29, 0.717) is 17.3 Å². The van der Waals surface area contributed by atoms with Gasteiger partial charge in [-0.3, -0.25) is 0 Å². The normalized spacial score (nSPS) is 20.2. The summed E-state index contributed by atoms with van der Waals surface area (Å²) < 4.78 is 1.45. The molecule has 3 heterocycles. The number of fused-ring (bicyclic) bond motifs is 1. The number of likely N-dealkylation sites (N-methyl/N-ethyl adjacent to an activating group) is 1. The van der Waals surface area contributed by atoms with Crippen LogP contribution in [0.15, 0.2) is 12.1 Å². The molecule has 1 aliphatic heterocycles. The summed E-state index contributed by atoms with van der Waals surface area (Å²) in [5.41, 5.74) is 2.19. The van der Waals surface area contributed by atoms with Gasteiger partial charge in [0, 0.05) is 12.5 Å². The van der Waals surface area contributed by atoms with Gasteiger partial charge in [0.15, 0.2) is 11.3 Å². The van der Waals surface area contributed by atoms with Gasteiger partial charge in [-0.1, -0.05) is 0 Å². The molecule has 1 fully saturated rings. The van der Waals surface area contributed by atoms with E-state index in [4.69, 9.17) is 0 Å². The number of rotatable bonds is 2. The number of aromatic nitrogens is 3. The number of likely N-dealkylation sites (tertiary alicyclic amines) is 1. The maximum absolute atomic E-state index is 11.3. The predicted octanol–water partition coefficient (Wildman–Crippen LogP) is 1.16. The SMILES string of the molecule is Cc1nc2ccc(C3CCN(C)C3)nn2c1C(=O)O. The summed E-state index contributed by atoms with van der Waals surface area (Å²) in [5, 5.41) is 13.7. The molecule has 0 radical (unpaired) electrons. The topological polar surface area (TPSA) is 70.7 Å². The molecule has 3 rings (SSSR count). The van der Waals surface area contributed by atoms with Crippen molar-refractivity contribution in [2.45, 2.75) is 19.3 Å². The molecule has 6 nitrogen and oxygen atoms in total. The molecular formula is C13H16N4O2. The second-order valence-corrected chi connectivity index (χ2v) is 5.13. The van der Waals surface area contributed by atoms with Crippen molar-refractivity contribution in [2.24, 2.45) is 0 Å². The molecule has 1 unspecified atom stereocenters. The second kappa shape index (κ2) is 4.31. The van der Waals surface area contributed by atoms with Crippen molar-refractivity contribution in [3.63, 3.8) is 0 Å². The molecule has 6 heteroatoms. The Morgan fingerprint density at radius 3 is 2.89 bits per heavy atom. The fraction of sp³-hybridized carbons (Fsp3) is 0.462. The summed E-state index contributed by atoms with van der Waals surface area (Å²) in [5.74, 6) is -0.614. The van der Waals surface area contributed by atoms with Crippen LogP contribution < -0.4 is 0 Å².